The van der Waals surface area contributed by atoms with E-state index >= 15 is 0 Å². The minimum atomic E-state index is -0.251. The first kappa shape index (κ1) is 12.6. The molecule has 0 aromatic heterocycles. The Morgan fingerprint density at radius 2 is 2.05 bits per heavy atom. The van der Waals surface area contributed by atoms with E-state index in [0.29, 0.717) is 5.92 Å². The number of hydrogen-bond acceptors (Lipinski definition) is 3. The second-order valence-electron chi connectivity index (χ2n) is 5.04. The van der Waals surface area contributed by atoms with E-state index in [0.717, 1.165) is 29.1 Å². The molecular formula is C15H15FN2S. The van der Waals surface area contributed by atoms with E-state index in [2.05, 4.69) is 6.19 Å². The highest BCUT2D eigenvalue weighted by atomic mass is 32.2. The number of fused-ring (bicyclic) bond motifs is 1. The average molecular weight is 274 g/mol. The molecule has 0 atom stereocenters. The number of nitrogens with zero attached hydrogens (tertiary/aromatic N) is 2. The molecule has 1 fully saturated rings. The van der Waals surface area contributed by atoms with Gasteiger partial charge in [-0.3, -0.25) is 0 Å². The van der Waals surface area contributed by atoms with Crippen molar-refractivity contribution in [2.75, 3.05) is 4.90 Å². The molecular weight excluding hydrogens is 259 g/mol. The molecule has 0 N–H and O–H groups in total. The first-order chi connectivity index (χ1) is 9.29. The highest BCUT2D eigenvalue weighted by Gasteiger charge is 2.27. The topological polar surface area (TPSA) is 27.0 Å². The Bertz CT molecular complexity index is 556. The lowest BCUT2D eigenvalue weighted by Gasteiger charge is -2.32. The molecule has 0 radical (unpaired) electrons. The second kappa shape index (κ2) is 5.26. The fourth-order valence-corrected chi connectivity index (χ4v) is 3.88. The summed E-state index contributed by atoms with van der Waals surface area (Å²) in [5.74, 6) is 0.220. The zero-order chi connectivity index (χ0) is 13.2. The molecule has 0 saturated heterocycles. The lowest BCUT2D eigenvalue weighted by atomic mass is 9.86. The van der Waals surface area contributed by atoms with Gasteiger partial charge in [0.1, 0.15) is 5.82 Å². The highest BCUT2D eigenvalue weighted by molar-refractivity contribution is 8.02. The molecule has 1 heterocycles. The summed E-state index contributed by atoms with van der Waals surface area (Å²) in [5.41, 5.74) is 1.91. The Labute approximate surface area is 116 Å². The number of halogens is 1. The molecule has 1 aromatic rings. The Kier molecular flexibility index (Phi) is 3.48. The minimum absolute atomic E-state index is 0.251. The van der Waals surface area contributed by atoms with Gasteiger partial charge >= 0.3 is 0 Å². The van der Waals surface area contributed by atoms with Crippen molar-refractivity contribution in [3.63, 3.8) is 0 Å². The second-order valence-corrected chi connectivity index (χ2v) is 5.95. The predicted octanol–water partition coefficient (Wildman–Crippen LogP) is 4.64. The third kappa shape index (κ3) is 2.35. The minimum Gasteiger partial charge on any atom is -0.250 e. The van der Waals surface area contributed by atoms with Crippen LogP contribution in [-0.4, -0.2) is 0 Å². The van der Waals surface area contributed by atoms with Gasteiger partial charge in [-0.05, 0) is 36.4 Å². The van der Waals surface area contributed by atoms with Crippen molar-refractivity contribution in [3.8, 4) is 6.19 Å². The molecule has 0 amide bonds. The maximum absolute atomic E-state index is 13.2. The number of hydrogen-bond donors (Lipinski definition) is 0. The lowest BCUT2D eigenvalue weighted by molar-refractivity contribution is 0.399. The summed E-state index contributed by atoms with van der Waals surface area (Å²) >= 11 is 1.53. The highest BCUT2D eigenvalue weighted by Crippen LogP contribution is 2.43. The average Bonchev–Trinajstić information content (AvgIpc) is 2.46. The van der Waals surface area contributed by atoms with Crippen molar-refractivity contribution in [2.24, 2.45) is 5.92 Å². The molecule has 4 heteroatoms. The Balaban J connectivity index is 1.94. The van der Waals surface area contributed by atoms with Gasteiger partial charge in [0.15, 0.2) is 6.19 Å². The Morgan fingerprint density at radius 3 is 2.79 bits per heavy atom. The number of rotatable bonds is 1. The zero-order valence-electron chi connectivity index (χ0n) is 10.6. The number of thioether (sulfide) groups is 1. The van der Waals surface area contributed by atoms with Crippen LogP contribution in [0.3, 0.4) is 0 Å². The first-order valence-electron chi connectivity index (χ1n) is 6.66. The van der Waals surface area contributed by atoms with Crippen molar-refractivity contribution in [1.82, 2.24) is 0 Å². The van der Waals surface area contributed by atoms with Gasteiger partial charge in [0.2, 0.25) is 0 Å². The smallest absolute Gasteiger partial charge is 0.189 e. The Morgan fingerprint density at radius 1 is 1.26 bits per heavy atom. The molecule has 2 aliphatic rings. The van der Waals surface area contributed by atoms with Gasteiger partial charge in [-0.1, -0.05) is 31.0 Å². The number of allylic oxidation sites excluding steroid dienone is 1. The molecule has 1 aliphatic heterocycles. The van der Waals surface area contributed by atoms with E-state index in [1.165, 1.54) is 43.2 Å². The fourth-order valence-electron chi connectivity index (χ4n) is 2.87. The molecule has 19 heavy (non-hydrogen) atoms. The van der Waals surface area contributed by atoms with Gasteiger partial charge in [0, 0.05) is 16.5 Å². The third-order valence-electron chi connectivity index (χ3n) is 3.85. The van der Waals surface area contributed by atoms with E-state index in [1.54, 1.807) is 11.0 Å². The molecule has 0 spiro atoms. The monoisotopic (exact) mass is 274 g/mol. The third-order valence-corrected chi connectivity index (χ3v) is 4.79. The van der Waals surface area contributed by atoms with Crippen LogP contribution in [-0.2, 0) is 0 Å². The molecule has 1 aromatic carbocycles. The summed E-state index contributed by atoms with van der Waals surface area (Å²) in [4.78, 5) is 2.50. The van der Waals surface area contributed by atoms with E-state index in [1.807, 2.05) is 5.41 Å². The van der Waals surface area contributed by atoms with Gasteiger partial charge in [0.25, 0.3) is 0 Å². The quantitative estimate of drug-likeness (QED) is 0.698. The van der Waals surface area contributed by atoms with Gasteiger partial charge in [-0.25, -0.2) is 9.29 Å². The largest absolute Gasteiger partial charge is 0.250 e. The van der Waals surface area contributed by atoms with Crippen molar-refractivity contribution >= 4 is 17.4 Å². The molecule has 1 saturated carbocycles. The van der Waals surface area contributed by atoms with Crippen LogP contribution in [0.5, 0.6) is 0 Å². The van der Waals surface area contributed by atoms with Gasteiger partial charge in [-0.2, -0.15) is 5.26 Å². The summed E-state index contributed by atoms with van der Waals surface area (Å²) in [6.45, 7) is 0. The molecule has 0 unspecified atom stereocenters. The van der Waals surface area contributed by atoms with E-state index in [4.69, 9.17) is 0 Å². The van der Waals surface area contributed by atoms with Crippen LogP contribution in [0.4, 0.5) is 10.1 Å². The fraction of sp³-hybridized carbons (Fsp3) is 0.400. The van der Waals surface area contributed by atoms with Crippen LogP contribution in [0.2, 0.25) is 0 Å². The van der Waals surface area contributed by atoms with E-state index in [9.17, 15) is 9.65 Å². The summed E-state index contributed by atoms with van der Waals surface area (Å²) < 4.78 is 13.2. The van der Waals surface area contributed by atoms with Crippen molar-refractivity contribution in [3.05, 3.63) is 35.1 Å². The van der Waals surface area contributed by atoms with Crippen LogP contribution < -0.4 is 4.90 Å². The first-order valence-corrected chi connectivity index (χ1v) is 7.53. The van der Waals surface area contributed by atoms with Crippen molar-refractivity contribution in [2.45, 2.75) is 37.0 Å². The molecule has 0 bridgehead atoms. The van der Waals surface area contributed by atoms with Crippen molar-refractivity contribution in [1.29, 1.82) is 5.26 Å². The maximum Gasteiger partial charge on any atom is 0.189 e. The number of nitriles is 1. The SMILES string of the molecule is N#CN1C(C2CCCCC2)=CSc2cc(F)ccc21. The summed E-state index contributed by atoms with van der Waals surface area (Å²) in [6, 6.07) is 4.63. The maximum atomic E-state index is 13.2. The van der Waals surface area contributed by atoms with Crippen LogP contribution >= 0.6 is 11.8 Å². The Hall–Kier alpha value is -1.47. The number of benzene rings is 1. The van der Waals surface area contributed by atoms with Crippen LogP contribution in [0.1, 0.15) is 32.1 Å². The van der Waals surface area contributed by atoms with Gasteiger partial charge in [0.05, 0.1) is 5.69 Å². The van der Waals surface area contributed by atoms with E-state index in [-0.39, 0.29) is 5.82 Å². The van der Waals surface area contributed by atoms with Gasteiger partial charge < -0.3 is 0 Å². The normalized spacial score (nSPS) is 19.6. The standard InChI is InChI=1S/C15H15FN2S/c16-12-6-7-13-15(8-12)19-9-14(18(13)10-17)11-4-2-1-3-5-11/h6-9,11H,1-5H2. The number of anilines is 1. The zero-order valence-corrected chi connectivity index (χ0v) is 11.4. The van der Waals surface area contributed by atoms with Gasteiger partial charge in [-0.15, -0.1) is 0 Å². The van der Waals surface area contributed by atoms with Crippen LogP contribution in [0, 0.1) is 23.2 Å². The molecule has 3 rings (SSSR count). The molecule has 98 valence electrons. The van der Waals surface area contributed by atoms with Crippen LogP contribution in [0.25, 0.3) is 0 Å². The van der Waals surface area contributed by atoms with Crippen LogP contribution in [0.15, 0.2) is 34.2 Å². The summed E-state index contributed by atoms with van der Waals surface area (Å²) in [6.07, 6.45) is 8.34. The predicted molar refractivity (Wildman–Crippen MR) is 75.0 cm³/mol. The summed E-state index contributed by atoms with van der Waals surface area (Å²) in [5, 5.41) is 11.5. The summed E-state index contributed by atoms with van der Waals surface area (Å²) in [7, 11) is 0. The lowest BCUT2D eigenvalue weighted by Crippen LogP contribution is -2.26. The molecule has 2 nitrogen and oxygen atoms in total. The molecule has 1 aliphatic carbocycles. The van der Waals surface area contributed by atoms with Crippen molar-refractivity contribution < 1.29 is 4.39 Å². The van der Waals surface area contributed by atoms with E-state index < -0.39 is 0 Å².